The molecule has 1 aromatic carbocycles. The number of nitrogens with two attached hydrogens (primary N) is 1. The van der Waals surface area contributed by atoms with Crippen molar-refractivity contribution in [3.05, 3.63) is 44.1 Å². The number of rotatable bonds is 4. The number of nitrogens with one attached hydrogen (secondary N) is 1. The SMILES string of the molecule is Cc1cc2nc3c(=O)[nH]c(=O)nc-3n(CCN3CCN(S(N)=O)CC3)c2cc1C. The van der Waals surface area contributed by atoms with Gasteiger partial charge >= 0.3 is 5.69 Å². The first kappa shape index (κ1) is 19.8. The Balaban J connectivity index is 1.73. The van der Waals surface area contributed by atoms with E-state index in [9.17, 15) is 13.8 Å². The molecule has 3 aliphatic heterocycles. The molecule has 0 aromatic heterocycles. The van der Waals surface area contributed by atoms with Crippen LogP contribution < -0.4 is 16.4 Å². The van der Waals surface area contributed by atoms with Gasteiger partial charge in [-0.3, -0.25) is 14.7 Å². The molecule has 0 bridgehead atoms. The highest BCUT2D eigenvalue weighted by Gasteiger charge is 2.22. The molecule has 154 valence electrons. The highest BCUT2D eigenvalue weighted by atomic mass is 32.2. The maximum Gasteiger partial charge on any atom is 0.349 e. The van der Waals surface area contributed by atoms with E-state index < -0.39 is 22.4 Å². The molecule has 0 amide bonds. The molecule has 1 unspecified atom stereocenters. The van der Waals surface area contributed by atoms with E-state index in [2.05, 4.69) is 19.9 Å². The Labute approximate surface area is 169 Å². The highest BCUT2D eigenvalue weighted by molar-refractivity contribution is 7.80. The lowest BCUT2D eigenvalue weighted by atomic mass is 10.1. The zero-order valence-electron chi connectivity index (χ0n) is 16.3. The van der Waals surface area contributed by atoms with Gasteiger partial charge in [-0.2, -0.15) is 4.98 Å². The predicted octanol–water partition coefficient (Wildman–Crippen LogP) is -0.644. The minimum absolute atomic E-state index is 0.156. The number of H-pyrrole nitrogens is 1. The van der Waals surface area contributed by atoms with Crippen molar-refractivity contribution in [3.63, 3.8) is 0 Å². The minimum Gasteiger partial charge on any atom is -0.321 e. The zero-order chi connectivity index (χ0) is 20.7. The van der Waals surface area contributed by atoms with Gasteiger partial charge in [-0.15, -0.1) is 0 Å². The van der Waals surface area contributed by atoms with Gasteiger partial charge in [-0.1, -0.05) is 0 Å². The normalized spacial score (nSPS) is 17.2. The fraction of sp³-hybridized carbons (Fsp3) is 0.444. The number of hydrogen-bond acceptors (Lipinski definition) is 6. The van der Waals surface area contributed by atoms with Crippen LogP contribution in [0.25, 0.3) is 22.6 Å². The number of nitrogens with zero attached hydrogens (tertiary/aromatic N) is 5. The lowest BCUT2D eigenvalue weighted by Crippen LogP contribution is -2.49. The molecule has 29 heavy (non-hydrogen) atoms. The zero-order valence-corrected chi connectivity index (χ0v) is 17.2. The van der Waals surface area contributed by atoms with Gasteiger partial charge in [0.05, 0.1) is 11.0 Å². The van der Waals surface area contributed by atoms with Crippen LogP contribution >= 0.6 is 0 Å². The first-order valence-corrected chi connectivity index (χ1v) is 10.6. The van der Waals surface area contributed by atoms with Crippen LogP contribution in [0.3, 0.4) is 0 Å². The fourth-order valence-electron chi connectivity index (χ4n) is 3.65. The van der Waals surface area contributed by atoms with E-state index >= 15 is 0 Å². The van der Waals surface area contributed by atoms with Crippen LogP contribution in [0.15, 0.2) is 21.7 Å². The summed E-state index contributed by atoms with van der Waals surface area (Å²) < 4.78 is 15.0. The molecule has 1 aromatic rings. The third-order valence-electron chi connectivity index (χ3n) is 5.45. The highest BCUT2D eigenvalue weighted by Crippen LogP contribution is 2.23. The molecule has 0 saturated carbocycles. The monoisotopic (exact) mass is 417 g/mol. The second-order valence-electron chi connectivity index (χ2n) is 7.28. The molecule has 3 aliphatic rings. The molecule has 1 saturated heterocycles. The number of benzene rings is 1. The fourth-order valence-corrected chi connectivity index (χ4v) is 4.17. The number of aromatic nitrogens is 4. The summed E-state index contributed by atoms with van der Waals surface area (Å²) in [5.41, 5.74) is 2.64. The van der Waals surface area contributed by atoms with E-state index in [4.69, 9.17) is 5.14 Å². The number of piperazine rings is 1. The largest absolute Gasteiger partial charge is 0.349 e. The molecular weight excluding hydrogens is 394 g/mol. The van der Waals surface area contributed by atoms with E-state index in [1.807, 2.05) is 30.5 Å². The van der Waals surface area contributed by atoms with Crippen molar-refractivity contribution in [1.82, 2.24) is 28.7 Å². The van der Waals surface area contributed by atoms with Crippen molar-refractivity contribution in [3.8, 4) is 11.5 Å². The van der Waals surface area contributed by atoms with Gasteiger partial charge in [-0.25, -0.2) is 23.4 Å². The summed E-state index contributed by atoms with van der Waals surface area (Å²) in [6.45, 7) is 7.99. The van der Waals surface area contributed by atoms with E-state index in [-0.39, 0.29) is 11.5 Å². The van der Waals surface area contributed by atoms with Gasteiger partial charge in [0.15, 0.2) is 22.7 Å². The summed E-state index contributed by atoms with van der Waals surface area (Å²) in [6.07, 6.45) is 0. The van der Waals surface area contributed by atoms with Crippen LogP contribution in [0.5, 0.6) is 0 Å². The predicted molar refractivity (Wildman–Crippen MR) is 111 cm³/mol. The third-order valence-corrected chi connectivity index (χ3v) is 6.32. The van der Waals surface area contributed by atoms with Crippen LogP contribution in [-0.4, -0.2) is 65.7 Å². The molecule has 0 radical (unpaired) electrons. The van der Waals surface area contributed by atoms with E-state index in [0.717, 1.165) is 29.7 Å². The molecule has 10 nitrogen and oxygen atoms in total. The third kappa shape index (κ3) is 3.86. The summed E-state index contributed by atoms with van der Waals surface area (Å²) in [6, 6.07) is 3.96. The molecule has 0 aliphatic carbocycles. The van der Waals surface area contributed by atoms with Crippen molar-refractivity contribution in [2.45, 2.75) is 20.4 Å². The van der Waals surface area contributed by atoms with Gasteiger partial charge in [0.25, 0.3) is 5.56 Å². The van der Waals surface area contributed by atoms with Gasteiger partial charge in [-0.05, 0) is 37.1 Å². The standard InChI is InChI=1S/C18H23N7O3S/c1-11-9-13-14(10-12(11)2)25(16-15(20-13)17(26)22-18(27)21-16)8-5-23-3-6-24(7-4-23)29(19)28/h9-10H,3-8,19H2,1-2H3,(H,22,26,27). The molecule has 1 atom stereocenters. The number of aryl methyl sites for hydroxylation is 2. The first-order valence-electron chi connectivity index (χ1n) is 9.39. The molecule has 11 heteroatoms. The summed E-state index contributed by atoms with van der Waals surface area (Å²) in [5, 5.41) is 5.45. The molecule has 3 heterocycles. The van der Waals surface area contributed by atoms with Gasteiger partial charge in [0.2, 0.25) is 0 Å². The lowest BCUT2D eigenvalue weighted by Gasteiger charge is -2.33. The van der Waals surface area contributed by atoms with Crippen molar-refractivity contribution in [2.75, 3.05) is 32.7 Å². The van der Waals surface area contributed by atoms with E-state index in [0.29, 0.717) is 31.7 Å². The van der Waals surface area contributed by atoms with Crippen LogP contribution in [-0.2, 0) is 17.7 Å². The average Bonchev–Trinajstić information content (AvgIpc) is 2.67. The van der Waals surface area contributed by atoms with Crippen LogP contribution in [0.4, 0.5) is 0 Å². The number of fused-ring (bicyclic) bond motifs is 2. The molecule has 0 spiro atoms. The van der Waals surface area contributed by atoms with Gasteiger partial charge in [0, 0.05) is 39.3 Å². The number of hydrogen-bond donors (Lipinski definition) is 2. The van der Waals surface area contributed by atoms with Crippen LogP contribution in [0.2, 0.25) is 0 Å². The van der Waals surface area contributed by atoms with Gasteiger partial charge in [0.1, 0.15) is 0 Å². The Bertz CT molecular complexity index is 1180. The average molecular weight is 417 g/mol. The van der Waals surface area contributed by atoms with Crippen molar-refractivity contribution >= 4 is 22.2 Å². The maximum atomic E-state index is 12.3. The first-order chi connectivity index (χ1) is 13.8. The summed E-state index contributed by atoms with van der Waals surface area (Å²) in [5.74, 6) is 0.288. The van der Waals surface area contributed by atoms with Crippen molar-refractivity contribution < 1.29 is 4.21 Å². The minimum atomic E-state index is -1.44. The second-order valence-corrected chi connectivity index (χ2v) is 8.35. The Morgan fingerprint density at radius 1 is 1.07 bits per heavy atom. The Hall–Kier alpha value is -2.47. The Kier molecular flexibility index (Phi) is 5.30. The Morgan fingerprint density at radius 2 is 1.76 bits per heavy atom. The molecular formula is C18H23N7O3S. The van der Waals surface area contributed by atoms with Crippen molar-refractivity contribution in [1.29, 1.82) is 0 Å². The van der Waals surface area contributed by atoms with E-state index in [1.54, 1.807) is 4.31 Å². The quantitative estimate of drug-likeness (QED) is 0.543. The maximum absolute atomic E-state index is 12.3. The topological polar surface area (TPSA) is 130 Å². The molecule has 1 fully saturated rings. The second kappa shape index (κ2) is 7.75. The van der Waals surface area contributed by atoms with Crippen LogP contribution in [0, 0.1) is 13.8 Å². The Morgan fingerprint density at radius 3 is 2.45 bits per heavy atom. The molecule has 3 N–H and O–H groups in total. The summed E-state index contributed by atoms with van der Waals surface area (Å²) in [4.78, 5) is 37.1. The number of aromatic amines is 1. The van der Waals surface area contributed by atoms with E-state index in [1.165, 1.54) is 0 Å². The van der Waals surface area contributed by atoms with Crippen LogP contribution in [0.1, 0.15) is 11.1 Å². The van der Waals surface area contributed by atoms with Crippen molar-refractivity contribution in [2.24, 2.45) is 5.14 Å². The smallest absolute Gasteiger partial charge is 0.321 e. The lowest BCUT2D eigenvalue weighted by molar-refractivity contribution is 0.187. The summed E-state index contributed by atoms with van der Waals surface area (Å²) >= 11 is -1.44. The van der Waals surface area contributed by atoms with Gasteiger partial charge < -0.3 is 4.57 Å². The summed E-state index contributed by atoms with van der Waals surface area (Å²) in [7, 11) is 0. The molecule has 4 rings (SSSR count).